The molecular weight excluding hydrogens is 658 g/mol. The lowest BCUT2D eigenvalue weighted by Gasteiger charge is -2.40. The number of benzene rings is 4. The van der Waals surface area contributed by atoms with Crippen LogP contribution in [0.3, 0.4) is 0 Å². The third kappa shape index (κ3) is 7.14. The van der Waals surface area contributed by atoms with Crippen LogP contribution in [0.15, 0.2) is 91.0 Å². The summed E-state index contributed by atoms with van der Waals surface area (Å²) in [7, 11) is 0. The molecule has 0 radical (unpaired) electrons. The second kappa shape index (κ2) is 15.0. The van der Waals surface area contributed by atoms with Gasteiger partial charge in [-0.15, -0.1) is 0 Å². The van der Waals surface area contributed by atoms with E-state index in [-0.39, 0.29) is 53.8 Å². The highest BCUT2D eigenvalue weighted by Gasteiger charge is 2.36. The van der Waals surface area contributed by atoms with Gasteiger partial charge in [0.1, 0.15) is 11.6 Å². The number of halogens is 2. The summed E-state index contributed by atoms with van der Waals surface area (Å²) in [5.41, 5.74) is 7.42. The van der Waals surface area contributed by atoms with E-state index in [1.54, 1.807) is 24.3 Å². The number of hydrogen-bond acceptors (Lipinski definition) is 4. The van der Waals surface area contributed by atoms with Gasteiger partial charge in [-0.2, -0.15) is 0 Å². The number of carbonyl (C=O) groups excluding carboxylic acids is 2. The fourth-order valence-corrected chi connectivity index (χ4v) is 8.70. The minimum Gasteiger partial charge on any atom is -0.334 e. The molecule has 8 nitrogen and oxygen atoms in total. The van der Waals surface area contributed by atoms with Gasteiger partial charge in [0.05, 0.1) is 12.1 Å². The molecule has 0 bridgehead atoms. The maximum atomic E-state index is 14.1. The first-order valence-corrected chi connectivity index (χ1v) is 18.7. The van der Waals surface area contributed by atoms with Crippen LogP contribution in [0.5, 0.6) is 0 Å². The van der Waals surface area contributed by atoms with E-state index in [9.17, 15) is 18.4 Å². The van der Waals surface area contributed by atoms with E-state index in [4.69, 9.17) is 0 Å². The highest BCUT2D eigenvalue weighted by molar-refractivity contribution is 5.77. The lowest BCUT2D eigenvalue weighted by atomic mass is 9.82. The van der Waals surface area contributed by atoms with Crippen molar-refractivity contribution in [2.75, 3.05) is 39.3 Å². The quantitative estimate of drug-likeness (QED) is 0.200. The summed E-state index contributed by atoms with van der Waals surface area (Å²) in [5, 5.41) is 13.5. The molecule has 1 unspecified atom stereocenters. The van der Waals surface area contributed by atoms with Crippen LogP contribution in [0.4, 0.5) is 18.4 Å². The Morgan fingerprint density at radius 3 is 1.87 bits per heavy atom. The first-order valence-electron chi connectivity index (χ1n) is 18.7. The van der Waals surface area contributed by atoms with Crippen molar-refractivity contribution >= 4 is 12.1 Å². The Balaban J connectivity index is 1.02. The Morgan fingerprint density at radius 1 is 0.635 bits per heavy atom. The number of fused-ring (bicyclic) bond motifs is 2. The number of hydrogen-bond donors (Lipinski definition) is 4. The minimum atomic E-state index is -0.349. The molecule has 0 spiro atoms. The van der Waals surface area contributed by atoms with Gasteiger partial charge in [-0.05, 0) is 108 Å². The first-order chi connectivity index (χ1) is 25.4. The van der Waals surface area contributed by atoms with Gasteiger partial charge in [0.2, 0.25) is 0 Å². The monoisotopic (exact) mass is 704 g/mol. The van der Waals surface area contributed by atoms with Crippen LogP contribution >= 0.6 is 0 Å². The molecule has 0 aromatic heterocycles. The molecule has 4 amide bonds. The first kappa shape index (κ1) is 34.3. The summed E-state index contributed by atoms with van der Waals surface area (Å²) in [5.74, 6) is -0.482. The van der Waals surface area contributed by atoms with Crippen LogP contribution in [0, 0.1) is 11.6 Å². The predicted octanol–water partition coefficient (Wildman–Crippen LogP) is 6.18. The SMILES string of the molecule is O=C(N[C@H]1CCCNC1)N1CCc2ccc(C3CNC[C@H](NC(=O)N4CCc5ccccc5[C@@H]4c4ccc(F)cc4)C3)cc2[C@@H]1c1ccc(F)cc1. The molecule has 52 heavy (non-hydrogen) atoms. The minimum absolute atomic E-state index is 0.0777. The number of rotatable bonds is 5. The molecule has 8 rings (SSSR count). The molecule has 2 saturated heterocycles. The van der Waals surface area contributed by atoms with E-state index in [1.807, 2.05) is 21.9 Å². The Kier molecular flexibility index (Phi) is 9.92. The van der Waals surface area contributed by atoms with E-state index < -0.39 is 0 Å². The summed E-state index contributed by atoms with van der Waals surface area (Å²) in [6.07, 6.45) is 4.21. The fourth-order valence-electron chi connectivity index (χ4n) is 8.70. The van der Waals surface area contributed by atoms with Crippen LogP contribution in [0.2, 0.25) is 0 Å². The van der Waals surface area contributed by atoms with Gasteiger partial charge in [-0.1, -0.05) is 66.7 Å². The average molecular weight is 705 g/mol. The molecule has 10 heteroatoms. The van der Waals surface area contributed by atoms with Crippen LogP contribution in [0.1, 0.15) is 76.2 Å². The molecule has 4 aliphatic rings. The van der Waals surface area contributed by atoms with Crippen molar-refractivity contribution in [2.24, 2.45) is 0 Å². The van der Waals surface area contributed by atoms with E-state index in [2.05, 4.69) is 51.6 Å². The number of piperidine rings is 2. The number of carbonyl (C=O) groups is 2. The van der Waals surface area contributed by atoms with Gasteiger partial charge >= 0.3 is 12.1 Å². The van der Waals surface area contributed by atoms with Crippen molar-refractivity contribution in [3.05, 3.63) is 142 Å². The van der Waals surface area contributed by atoms with Crippen molar-refractivity contribution in [3.63, 3.8) is 0 Å². The molecular formula is C42H46F2N6O2. The van der Waals surface area contributed by atoms with Crippen molar-refractivity contribution < 1.29 is 18.4 Å². The normalized spacial score (nSPS) is 24.4. The number of amides is 4. The van der Waals surface area contributed by atoms with Gasteiger partial charge in [0, 0.05) is 44.8 Å². The van der Waals surface area contributed by atoms with Gasteiger partial charge in [-0.25, -0.2) is 18.4 Å². The highest BCUT2D eigenvalue weighted by atomic mass is 19.1. The van der Waals surface area contributed by atoms with Crippen LogP contribution in [-0.2, 0) is 12.8 Å². The molecule has 4 heterocycles. The second-order valence-corrected chi connectivity index (χ2v) is 14.7. The Morgan fingerprint density at radius 2 is 1.21 bits per heavy atom. The third-order valence-electron chi connectivity index (χ3n) is 11.3. The summed E-state index contributed by atoms with van der Waals surface area (Å²) in [6.45, 7) is 4.27. The molecule has 4 N–H and O–H groups in total. The fraction of sp³-hybridized carbons (Fsp3) is 0.381. The van der Waals surface area contributed by atoms with E-state index in [1.165, 1.54) is 35.4 Å². The summed E-state index contributed by atoms with van der Waals surface area (Å²) in [6, 6.07) is 26.8. The van der Waals surface area contributed by atoms with Crippen molar-refractivity contribution in [1.82, 2.24) is 31.1 Å². The number of urea groups is 2. The largest absolute Gasteiger partial charge is 0.334 e. The molecule has 4 aromatic rings. The summed E-state index contributed by atoms with van der Waals surface area (Å²) < 4.78 is 28.0. The second-order valence-electron chi connectivity index (χ2n) is 14.7. The zero-order chi connectivity index (χ0) is 35.6. The third-order valence-corrected chi connectivity index (χ3v) is 11.3. The smallest absolute Gasteiger partial charge is 0.318 e. The molecule has 270 valence electrons. The Labute approximate surface area is 304 Å². The van der Waals surface area contributed by atoms with Crippen molar-refractivity contribution in [1.29, 1.82) is 0 Å². The van der Waals surface area contributed by atoms with Crippen molar-refractivity contribution in [2.45, 2.75) is 62.2 Å². The molecule has 0 saturated carbocycles. The summed E-state index contributed by atoms with van der Waals surface area (Å²) in [4.78, 5) is 31.7. The predicted molar refractivity (Wildman–Crippen MR) is 197 cm³/mol. The zero-order valence-corrected chi connectivity index (χ0v) is 29.3. The van der Waals surface area contributed by atoms with Crippen molar-refractivity contribution in [3.8, 4) is 0 Å². The van der Waals surface area contributed by atoms with Gasteiger partial charge in [0.15, 0.2) is 0 Å². The Bertz CT molecular complexity index is 1900. The maximum absolute atomic E-state index is 14.1. The molecule has 5 atom stereocenters. The van der Waals surface area contributed by atoms with E-state index in [0.29, 0.717) is 19.6 Å². The number of nitrogens with one attached hydrogen (secondary N) is 4. The average Bonchev–Trinajstić information content (AvgIpc) is 3.18. The molecule has 2 fully saturated rings. The number of nitrogens with zero attached hydrogens (tertiary/aromatic N) is 2. The topological polar surface area (TPSA) is 88.7 Å². The zero-order valence-electron chi connectivity index (χ0n) is 29.3. The maximum Gasteiger partial charge on any atom is 0.318 e. The Hall–Kier alpha value is -4.80. The van der Waals surface area contributed by atoms with Gasteiger partial charge < -0.3 is 31.1 Å². The lowest BCUT2D eigenvalue weighted by Crippen LogP contribution is -2.54. The lowest BCUT2D eigenvalue weighted by molar-refractivity contribution is 0.173. The highest BCUT2D eigenvalue weighted by Crippen LogP contribution is 2.39. The van der Waals surface area contributed by atoms with E-state index in [0.717, 1.165) is 79.6 Å². The molecule has 4 aromatic carbocycles. The summed E-state index contributed by atoms with van der Waals surface area (Å²) >= 11 is 0. The van der Waals surface area contributed by atoms with E-state index >= 15 is 0 Å². The van der Waals surface area contributed by atoms with Crippen LogP contribution < -0.4 is 21.3 Å². The molecule has 4 aliphatic heterocycles. The van der Waals surface area contributed by atoms with Gasteiger partial charge in [0.25, 0.3) is 0 Å². The van der Waals surface area contributed by atoms with Crippen LogP contribution in [0.25, 0.3) is 0 Å². The van der Waals surface area contributed by atoms with Gasteiger partial charge in [-0.3, -0.25) is 0 Å². The van der Waals surface area contributed by atoms with Crippen LogP contribution in [-0.4, -0.2) is 73.2 Å². The molecule has 0 aliphatic carbocycles. The standard InChI is InChI=1S/C42H46F2N6O2/c43-33-13-9-29(10-14-33)39-37-6-2-1-4-27(37)17-20-49(39)42(52)48-36-22-32(24-46-26-36)31-8-7-28-18-21-50(41(51)47-35-5-3-19-45-25-35)40(38(28)23-31)30-11-15-34(44)16-12-30/h1-2,4,6-16,23,32,35-36,39-40,45-46H,3,5,17-22,24-26H2,(H,47,51)(H,48,52)/t32?,35-,36+,39-,40-/m0/s1.